The SMILES string of the molecule is O=C1NC[C@H]2CCCC[C@@H]2N1C1CCN(C2CCC(COCC(F)F)CC2)CC1.O=C1NC[C@H]2CCCC[C@@H]2N1C1CCN(C2CCC(COCC(F)F)CC2)CC1. The predicted octanol–water partition coefficient (Wildman–Crippen LogP) is 7.75. The molecule has 0 unspecified atom stereocenters. The number of fused-ring (bicyclic) bond motifs is 2. The first-order chi connectivity index (χ1) is 28.2. The molecule has 10 nitrogen and oxygen atoms in total. The number of alkyl halides is 4. The van der Waals surface area contributed by atoms with Gasteiger partial charge in [0.05, 0.1) is 0 Å². The van der Waals surface area contributed by atoms with Gasteiger partial charge in [0.2, 0.25) is 0 Å². The summed E-state index contributed by atoms with van der Waals surface area (Å²) in [6, 6.07) is 3.23. The van der Waals surface area contributed by atoms with Crippen LogP contribution in [0.2, 0.25) is 0 Å². The molecule has 0 aromatic rings. The van der Waals surface area contributed by atoms with Crippen LogP contribution in [-0.4, -0.2) is 146 Å². The van der Waals surface area contributed by atoms with E-state index in [4.69, 9.17) is 9.47 Å². The molecule has 0 bridgehead atoms. The minimum absolute atomic E-state index is 0.163. The second kappa shape index (κ2) is 21.8. The summed E-state index contributed by atoms with van der Waals surface area (Å²) in [6.45, 7) is 6.11. The van der Waals surface area contributed by atoms with Crippen molar-refractivity contribution in [3.63, 3.8) is 0 Å². The highest BCUT2D eigenvalue weighted by molar-refractivity contribution is 5.76. The number of piperidine rings is 2. The Kier molecular flexibility index (Phi) is 16.6. The van der Waals surface area contributed by atoms with Crippen molar-refractivity contribution >= 4 is 12.1 Å². The summed E-state index contributed by atoms with van der Waals surface area (Å²) in [6.07, 6.45) is 18.4. The van der Waals surface area contributed by atoms with Crippen LogP contribution in [-0.2, 0) is 9.47 Å². The van der Waals surface area contributed by atoms with Gasteiger partial charge >= 0.3 is 12.1 Å². The van der Waals surface area contributed by atoms with Crippen molar-refractivity contribution in [2.45, 2.75) is 178 Å². The summed E-state index contributed by atoms with van der Waals surface area (Å²) in [5, 5.41) is 6.29. The molecule has 4 saturated heterocycles. The van der Waals surface area contributed by atoms with Gasteiger partial charge in [-0.2, -0.15) is 0 Å². The summed E-state index contributed by atoms with van der Waals surface area (Å²) in [7, 11) is 0. The van der Waals surface area contributed by atoms with Crippen molar-refractivity contribution in [2.75, 3.05) is 65.7 Å². The zero-order valence-electron chi connectivity index (χ0n) is 35.1. The fraction of sp³-hybridized carbons (Fsp3) is 0.955. The standard InChI is InChI=1S/2C22H37F2N3O2/c2*23-21(24)15-29-14-16-5-7-18(8-6-16)26-11-9-19(10-12-26)27-20-4-2-1-3-17(20)13-25-22(27)28/h2*16-21H,1-15H2,(H,25,28)/t2*16?,17-,18?,20+/m11/s1. The molecule has 2 N–H and O–H groups in total. The van der Waals surface area contributed by atoms with Gasteiger partial charge in [0.15, 0.2) is 0 Å². The first-order valence-corrected chi connectivity index (χ1v) is 23.6. The molecule has 0 radical (unpaired) electrons. The third-order valence-corrected chi connectivity index (χ3v) is 15.6. The zero-order chi connectivity index (χ0) is 40.4. The van der Waals surface area contributed by atoms with Crippen molar-refractivity contribution in [3.8, 4) is 0 Å². The number of carbonyl (C=O) groups excluding carboxylic acids is 2. The largest absolute Gasteiger partial charge is 0.375 e. The molecular weight excluding hydrogens is 753 g/mol. The van der Waals surface area contributed by atoms with Crippen molar-refractivity contribution < 1.29 is 36.6 Å². The number of carbonyl (C=O) groups is 2. The van der Waals surface area contributed by atoms with Crippen LogP contribution in [0.5, 0.6) is 0 Å². The van der Waals surface area contributed by atoms with E-state index in [0.717, 1.165) is 116 Å². The van der Waals surface area contributed by atoms with Crippen molar-refractivity contribution in [3.05, 3.63) is 0 Å². The van der Waals surface area contributed by atoms with Gasteiger partial charge in [-0.05, 0) is 126 Å². The van der Waals surface area contributed by atoms with E-state index in [1.165, 1.54) is 51.4 Å². The molecule has 14 heteroatoms. The Morgan fingerprint density at radius 1 is 0.483 bits per heavy atom. The Bertz CT molecular complexity index is 1160. The highest BCUT2D eigenvalue weighted by Gasteiger charge is 2.43. The van der Waals surface area contributed by atoms with Gasteiger partial charge in [-0.25, -0.2) is 27.2 Å². The van der Waals surface area contributed by atoms with Gasteiger partial charge in [0.25, 0.3) is 12.9 Å². The fourth-order valence-electron chi connectivity index (χ4n) is 12.4. The molecule has 58 heavy (non-hydrogen) atoms. The summed E-state index contributed by atoms with van der Waals surface area (Å²) < 4.78 is 59.1. The number of halogens is 4. The molecule has 4 aliphatic carbocycles. The van der Waals surface area contributed by atoms with E-state index in [1.54, 1.807) is 0 Å². The second-order valence-corrected chi connectivity index (χ2v) is 19.2. The number of nitrogens with one attached hydrogen (secondary N) is 2. The van der Waals surface area contributed by atoms with E-state index in [2.05, 4.69) is 30.2 Å². The number of hydrogen-bond acceptors (Lipinski definition) is 6. The Balaban J connectivity index is 0.000000177. The number of likely N-dealkylation sites (tertiary alicyclic amines) is 2. The van der Waals surface area contributed by atoms with Crippen LogP contribution in [0.1, 0.15) is 128 Å². The molecule has 4 saturated carbocycles. The number of nitrogens with zero attached hydrogens (tertiary/aromatic N) is 4. The maximum Gasteiger partial charge on any atom is 0.317 e. The molecule has 4 amide bonds. The number of rotatable bonds is 12. The lowest BCUT2D eigenvalue weighted by Gasteiger charge is -2.50. The van der Waals surface area contributed by atoms with E-state index in [1.807, 2.05) is 0 Å². The number of hydrogen-bond donors (Lipinski definition) is 2. The Labute approximate surface area is 345 Å². The highest BCUT2D eigenvalue weighted by Crippen LogP contribution is 2.38. The Morgan fingerprint density at radius 2 is 0.845 bits per heavy atom. The average Bonchev–Trinajstić information content (AvgIpc) is 3.24. The molecule has 0 aromatic carbocycles. The van der Waals surface area contributed by atoms with E-state index >= 15 is 0 Å². The summed E-state index contributed by atoms with van der Waals surface area (Å²) in [5.41, 5.74) is 0. The zero-order valence-corrected chi connectivity index (χ0v) is 35.1. The van der Waals surface area contributed by atoms with Crippen LogP contribution >= 0.6 is 0 Å². The molecule has 8 rings (SSSR count). The Hall–Kier alpha value is -1.90. The van der Waals surface area contributed by atoms with E-state index in [0.29, 0.717) is 73.1 Å². The van der Waals surface area contributed by atoms with Gasteiger partial charge in [0, 0.05) is 88.7 Å². The normalized spacial score (nSPS) is 34.9. The first-order valence-electron chi connectivity index (χ1n) is 23.6. The lowest BCUT2D eigenvalue weighted by atomic mass is 9.80. The first kappa shape index (κ1) is 44.2. The molecule has 8 aliphatic rings. The smallest absolute Gasteiger partial charge is 0.317 e. The minimum atomic E-state index is -2.36. The van der Waals surface area contributed by atoms with E-state index in [9.17, 15) is 27.2 Å². The van der Waals surface area contributed by atoms with E-state index in [-0.39, 0.29) is 12.1 Å². The van der Waals surface area contributed by atoms with Crippen molar-refractivity contribution in [1.29, 1.82) is 0 Å². The molecular formula is C44H74F4N6O4. The summed E-state index contributed by atoms with van der Waals surface area (Å²) in [5.74, 6) is 2.15. The minimum Gasteiger partial charge on any atom is -0.375 e. The average molecular weight is 827 g/mol. The van der Waals surface area contributed by atoms with Crippen LogP contribution < -0.4 is 10.6 Å². The molecule has 0 spiro atoms. The van der Waals surface area contributed by atoms with Crippen LogP contribution in [0.4, 0.5) is 27.2 Å². The van der Waals surface area contributed by atoms with Crippen LogP contribution in [0.25, 0.3) is 0 Å². The molecule has 4 aliphatic heterocycles. The van der Waals surface area contributed by atoms with Crippen molar-refractivity contribution in [2.24, 2.45) is 23.7 Å². The topological polar surface area (TPSA) is 89.6 Å². The Morgan fingerprint density at radius 3 is 1.21 bits per heavy atom. The third kappa shape index (κ3) is 11.7. The lowest BCUT2D eigenvalue weighted by Crippen LogP contribution is -2.63. The molecule has 4 heterocycles. The number of amides is 4. The molecule has 8 fully saturated rings. The van der Waals surface area contributed by atoms with Gasteiger partial charge in [-0.3, -0.25) is 0 Å². The van der Waals surface area contributed by atoms with Gasteiger partial charge in [0.1, 0.15) is 13.2 Å². The maximum absolute atomic E-state index is 12.6. The number of urea groups is 2. The summed E-state index contributed by atoms with van der Waals surface area (Å²) >= 11 is 0. The highest BCUT2D eigenvalue weighted by atomic mass is 19.3. The molecule has 0 aromatic heterocycles. The van der Waals surface area contributed by atoms with E-state index < -0.39 is 26.1 Å². The predicted molar refractivity (Wildman–Crippen MR) is 216 cm³/mol. The third-order valence-electron chi connectivity index (χ3n) is 15.6. The van der Waals surface area contributed by atoms with Crippen LogP contribution in [0, 0.1) is 23.7 Å². The number of ether oxygens (including phenoxy) is 2. The monoisotopic (exact) mass is 827 g/mol. The molecule has 332 valence electrons. The summed E-state index contributed by atoms with van der Waals surface area (Å²) in [4.78, 5) is 35.0. The van der Waals surface area contributed by atoms with Gasteiger partial charge in [-0.15, -0.1) is 0 Å². The quantitative estimate of drug-likeness (QED) is 0.196. The lowest BCUT2D eigenvalue weighted by molar-refractivity contribution is -0.00880. The van der Waals surface area contributed by atoms with Crippen LogP contribution in [0.15, 0.2) is 0 Å². The van der Waals surface area contributed by atoms with Gasteiger partial charge < -0.3 is 39.7 Å². The fourth-order valence-corrected chi connectivity index (χ4v) is 12.4. The second-order valence-electron chi connectivity index (χ2n) is 19.2. The maximum atomic E-state index is 12.6. The molecule has 4 atom stereocenters. The van der Waals surface area contributed by atoms with Crippen molar-refractivity contribution in [1.82, 2.24) is 30.2 Å². The van der Waals surface area contributed by atoms with Crippen LogP contribution in [0.3, 0.4) is 0 Å². The van der Waals surface area contributed by atoms with Gasteiger partial charge in [-0.1, -0.05) is 25.7 Å².